The van der Waals surface area contributed by atoms with Crippen LogP contribution in [-0.2, 0) is 14.8 Å². The van der Waals surface area contributed by atoms with Crippen LogP contribution in [-0.4, -0.2) is 26.6 Å². The standard InChI is InChI=1S/C17H17BrCl2N2O3S/c1-3-16(17(23)21-12-7-8-14(18)15(20)10-12)22(26(2,24)25)13-6-4-5-11(19)9-13/h4-10,16H,3H2,1-2H3,(H,21,23)/t16-/m1/s1. The lowest BCUT2D eigenvalue weighted by atomic mass is 10.2. The number of nitrogens with one attached hydrogen (secondary N) is 1. The summed E-state index contributed by atoms with van der Waals surface area (Å²) in [6, 6.07) is 10.4. The van der Waals surface area contributed by atoms with Crippen LogP contribution in [0.1, 0.15) is 13.3 Å². The van der Waals surface area contributed by atoms with Crippen LogP contribution in [0.3, 0.4) is 0 Å². The molecule has 0 fully saturated rings. The Morgan fingerprint density at radius 1 is 1.23 bits per heavy atom. The summed E-state index contributed by atoms with van der Waals surface area (Å²) < 4.78 is 26.5. The third kappa shape index (κ3) is 5.13. The molecule has 0 spiro atoms. The summed E-state index contributed by atoms with van der Waals surface area (Å²) >= 11 is 15.3. The first kappa shape index (κ1) is 21.0. The predicted molar refractivity (Wildman–Crippen MR) is 111 cm³/mol. The number of hydrogen-bond donors (Lipinski definition) is 1. The third-order valence-corrected chi connectivity index (χ3v) is 6.23. The molecule has 140 valence electrons. The summed E-state index contributed by atoms with van der Waals surface area (Å²) in [7, 11) is -3.72. The third-order valence-electron chi connectivity index (χ3n) is 3.58. The van der Waals surface area contributed by atoms with E-state index < -0.39 is 22.0 Å². The van der Waals surface area contributed by atoms with Crippen molar-refractivity contribution in [2.45, 2.75) is 19.4 Å². The van der Waals surface area contributed by atoms with Crippen LogP contribution in [0.25, 0.3) is 0 Å². The van der Waals surface area contributed by atoms with Crippen LogP contribution in [0.15, 0.2) is 46.9 Å². The first-order valence-corrected chi connectivity index (χ1v) is 11.0. The highest BCUT2D eigenvalue weighted by molar-refractivity contribution is 9.10. The fourth-order valence-electron chi connectivity index (χ4n) is 2.47. The quantitative estimate of drug-likeness (QED) is 0.638. The molecule has 0 radical (unpaired) electrons. The summed E-state index contributed by atoms with van der Waals surface area (Å²) in [5, 5.41) is 3.53. The van der Waals surface area contributed by atoms with Crippen LogP contribution in [0.5, 0.6) is 0 Å². The Kier molecular flexibility index (Phi) is 6.96. The van der Waals surface area contributed by atoms with E-state index in [0.29, 0.717) is 25.9 Å². The van der Waals surface area contributed by atoms with Gasteiger partial charge in [-0.1, -0.05) is 36.2 Å². The molecule has 0 aliphatic rings. The maximum absolute atomic E-state index is 12.8. The molecule has 9 heteroatoms. The van der Waals surface area contributed by atoms with E-state index in [9.17, 15) is 13.2 Å². The summed E-state index contributed by atoms with van der Waals surface area (Å²) in [5.41, 5.74) is 0.803. The van der Waals surface area contributed by atoms with Crippen LogP contribution in [0.4, 0.5) is 11.4 Å². The SMILES string of the molecule is CC[C@H](C(=O)Nc1ccc(Br)c(Cl)c1)N(c1cccc(Cl)c1)S(C)(=O)=O. The number of rotatable bonds is 6. The van der Waals surface area contributed by atoms with Gasteiger partial charge in [-0.3, -0.25) is 9.10 Å². The zero-order valence-corrected chi connectivity index (χ0v) is 18.0. The Labute approximate surface area is 171 Å². The van der Waals surface area contributed by atoms with Gasteiger partial charge in [0.1, 0.15) is 6.04 Å². The molecule has 0 aromatic heterocycles. The normalized spacial score (nSPS) is 12.5. The average molecular weight is 480 g/mol. The van der Waals surface area contributed by atoms with Crippen molar-refractivity contribution >= 4 is 66.4 Å². The van der Waals surface area contributed by atoms with E-state index in [-0.39, 0.29) is 6.42 Å². The number of nitrogens with zero attached hydrogens (tertiary/aromatic N) is 1. The van der Waals surface area contributed by atoms with Crippen LogP contribution in [0.2, 0.25) is 10.0 Å². The van der Waals surface area contributed by atoms with Gasteiger partial charge in [-0.25, -0.2) is 8.42 Å². The Balaban J connectivity index is 2.38. The van der Waals surface area contributed by atoms with Crippen molar-refractivity contribution in [2.75, 3.05) is 15.9 Å². The molecule has 5 nitrogen and oxygen atoms in total. The van der Waals surface area contributed by atoms with Gasteiger partial charge in [0, 0.05) is 15.2 Å². The van der Waals surface area contributed by atoms with Gasteiger partial charge in [-0.15, -0.1) is 0 Å². The smallest absolute Gasteiger partial charge is 0.248 e. The predicted octanol–water partition coefficient (Wildman–Crippen LogP) is 4.94. The summed E-state index contributed by atoms with van der Waals surface area (Å²) in [4.78, 5) is 12.8. The molecule has 2 rings (SSSR count). The average Bonchev–Trinajstić information content (AvgIpc) is 2.54. The monoisotopic (exact) mass is 478 g/mol. The molecule has 0 bridgehead atoms. The second-order valence-corrected chi connectivity index (χ2v) is 9.14. The van der Waals surface area contributed by atoms with Crippen LogP contribution >= 0.6 is 39.1 Å². The number of anilines is 2. The van der Waals surface area contributed by atoms with Gasteiger partial charge >= 0.3 is 0 Å². The van der Waals surface area contributed by atoms with E-state index >= 15 is 0 Å². The molecule has 0 saturated heterocycles. The summed E-state index contributed by atoms with van der Waals surface area (Å²) in [6.45, 7) is 1.74. The van der Waals surface area contributed by atoms with Gasteiger partial charge < -0.3 is 5.32 Å². The number of carbonyl (C=O) groups excluding carboxylic acids is 1. The molecule has 0 saturated carbocycles. The fraction of sp³-hybridized carbons (Fsp3) is 0.235. The Bertz CT molecular complexity index is 922. The number of amides is 1. The van der Waals surface area contributed by atoms with E-state index in [1.807, 2.05) is 0 Å². The van der Waals surface area contributed by atoms with Crippen molar-refractivity contribution < 1.29 is 13.2 Å². The van der Waals surface area contributed by atoms with Gasteiger partial charge in [-0.05, 0) is 58.7 Å². The maximum Gasteiger partial charge on any atom is 0.248 e. The van der Waals surface area contributed by atoms with Gasteiger partial charge in [0.15, 0.2) is 0 Å². The highest BCUT2D eigenvalue weighted by Crippen LogP contribution is 2.28. The van der Waals surface area contributed by atoms with Crippen molar-refractivity contribution in [3.05, 3.63) is 57.0 Å². The Morgan fingerprint density at radius 3 is 2.46 bits per heavy atom. The zero-order chi connectivity index (χ0) is 19.5. The van der Waals surface area contributed by atoms with E-state index in [4.69, 9.17) is 23.2 Å². The Morgan fingerprint density at radius 2 is 1.92 bits per heavy atom. The van der Waals surface area contributed by atoms with E-state index in [2.05, 4.69) is 21.2 Å². The number of hydrogen-bond acceptors (Lipinski definition) is 3. The molecule has 0 aliphatic heterocycles. The first-order chi connectivity index (χ1) is 12.1. The van der Waals surface area contributed by atoms with Crippen molar-refractivity contribution in [1.82, 2.24) is 0 Å². The number of benzene rings is 2. The second kappa shape index (κ2) is 8.61. The molecule has 0 heterocycles. The van der Waals surface area contributed by atoms with Crippen molar-refractivity contribution in [3.63, 3.8) is 0 Å². The van der Waals surface area contributed by atoms with Gasteiger partial charge in [0.05, 0.1) is 17.0 Å². The van der Waals surface area contributed by atoms with Crippen LogP contribution in [0, 0.1) is 0 Å². The molecule has 2 aromatic carbocycles. The van der Waals surface area contributed by atoms with E-state index in [1.165, 1.54) is 6.07 Å². The molecule has 1 atom stereocenters. The second-order valence-electron chi connectivity index (χ2n) is 5.58. The summed E-state index contributed by atoms with van der Waals surface area (Å²) in [5.74, 6) is -0.462. The fourth-order valence-corrected chi connectivity index (χ4v) is 4.29. The molecule has 1 N–H and O–H groups in total. The van der Waals surface area contributed by atoms with Crippen molar-refractivity contribution in [1.29, 1.82) is 0 Å². The Hall–Kier alpha value is -1.28. The number of carbonyl (C=O) groups is 1. The highest BCUT2D eigenvalue weighted by Gasteiger charge is 2.31. The minimum atomic E-state index is -3.72. The number of sulfonamides is 1. The lowest BCUT2D eigenvalue weighted by molar-refractivity contribution is -0.117. The van der Waals surface area contributed by atoms with Crippen molar-refractivity contribution in [2.24, 2.45) is 0 Å². The maximum atomic E-state index is 12.8. The largest absolute Gasteiger partial charge is 0.324 e. The summed E-state index contributed by atoms with van der Waals surface area (Å²) in [6.07, 6.45) is 1.33. The van der Waals surface area contributed by atoms with Crippen LogP contribution < -0.4 is 9.62 Å². The zero-order valence-electron chi connectivity index (χ0n) is 14.0. The first-order valence-electron chi connectivity index (χ1n) is 7.64. The van der Waals surface area contributed by atoms with Crippen molar-refractivity contribution in [3.8, 4) is 0 Å². The minimum Gasteiger partial charge on any atom is -0.324 e. The lowest BCUT2D eigenvalue weighted by Gasteiger charge is -2.30. The topological polar surface area (TPSA) is 66.5 Å². The highest BCUT2D eigenvalue weighted by atomic mass is 79.9. The number of halogens is 3. The molecule has 2 aromatic rings. The molecule has 0 unspecified atom stereocenters. The molecular weight excluding hydrogens is 463 g/mol. The molecular formula is C17H17BrCl2N2O3S. The molecule has 0 aliphatic carbocycles. The lowest BCUT2D eigenvalue weighted by Crippen LogP contribution is -2.47. The molecule has 26 heavy (non-hydrogen) atoms. The van der Waals surface area contributed by atoms with E-state index in [1.54, 1.807) is 43.3 Å². The van der Waals surface area contributed by atoms with Gasteiger partial charge in [0.2, 0.25) is 15.9 Å². The van der Waals surface area contributed by atoms with Gasteiger partial charge in [0.25, 0.3) is 0 Å². The van der Waals surface area contributed by atoms with Gasteiger partial charge in [-0.2, -0.15) is 0 Å². The molecule has 1 amide bonds. The van der Waals surface area contributed by atoms with E-state index in [0.717, 1.165) is 10.6 Å². The minimum absolute atomic E-state index is 0.273.